The number of aryl methyl sites for hydroxylation is 1. The van der Waals surface area contributed by atoms with E-state index >= 15 is 0 Å². The molecule has 140 valence electrons. The van der Waals surface area contributed by atoms with Gasteiger partial charge in [-0.2, -0.15) is 0 Å². The fraction of sp³-hybridized carbons (Fsp3) is 0.714. The van der Waals surface area contributed by atoms with Crippen LogP contribution in [0, 0.1) is 5.92 Å². The van der Waals surface area contributed by atoms with Crippen LogP contribution in [-0.2, 0) is 15.9 Å². The van der Waals surface area contributed by atoms with E-state index < -0.39 is 0 Å². The number of nitrogens with zero attached hydrogens (tertiary/aromatic N) is 1. The molecule has 1 saturated heterocycles. The second-order valence-electron chi connectivity index (χ2n) is 7.60. The lowest BCUT2D eigenvalue weighted by atomic mass is 9.83. The van der Waals surface area contributed by atoms with E-state index in [0.717, 1.165) is 37.8 Å². The van der Waals surface area contributed by atoms with Crippen LogP contribution in [0.1, 0.15) is 37.7 Å². The highest BCUT2D eigenvalue weighted by atomic mass is 16.5. The maximum Gasteiger partial charge on any atom is 0.122 e. The van der Waals surface area contributed by atoms with Crippen LogP contribution in [0.4, 0.5) is 0 Å². The predicted octanol–water partition coefficient (Wildman–Crippen LogP) is 3.53. The first-order valence-corrected chi connectivity index (χ1v) is 9.78. The van der Waals surface area contributed by atoms with Crippen LogP contribution in [0.25, 0.3) is 0 Å². The number of rotatable bonds is 7. The third-order valence-electron chi connectivity index (χ3n) is 5.63. The molecule has 25 heavy (non-hydrogen) atoms. The number of hydrogen-bond acceptors (Lipinski definition) is 4. The second-order valence-corrected chi connectivity index (χ2v) is 7.60. The van der Waals surface area contributed by atoms with Crippen molar-refractivity contribution in [3.63, 3.8) is 0 Å². The van der Waals surface area contributed by atoms with Crippen molar-refractivity contribution in [2.24, 2.45) is 5.92 Å². The minimum Gasteiger partial charge on any atom is -0.491 e. The Bertz CT molecular complexity index is 522. The Hall–Kier alpha value is -1.10. The van der Waals surface area contributed by atoms with Crippen molar-refractivity contribution in [3.05, 3.63) is 29.8 Å². The molecule has 0 amide bonds. The summed E-state index contributed by atoms with van der Waals surface area (Å²) in [5.41, 5.74) is 1.33. The minimum absolute atomic E-state index is 0.174. The van der Waals surface area contributed by atoms with E-state index in [0.29, 0.717) is 12.7 Å². The molecule has 3 rings (SSSR count). The Kier molecular flexibility index (Phi) is 7.14. The number of para-hydroxylation sites is 1. The number of benzene rings is 1. The first-order chi connectivity index (χ1) is 12.2. The summed E-state index contributed by atoms with van der Waals surface area (Å²) in [5, 5.41) is 0. The van der Waals surface area contributed by atoms with Crippen molar-refractivity contribution in [3.8, 4) is 5.75 Å². The smallest absolute Gasteiger partial charge is 0.122 e. The molecule has 4 heteroatoms. The Labute approximate surface area is 152 Å². The zero-order chi connectivity index (χ0) is 17.5. The van der Waals surface area contributed by atoms with Gasteiger partial charge in [0.2, 0.25) is 0 Å². The largest absolute Gasteiger partial charge is 0.491 e. The lowest BCUT2D eigenvalue weighted by Crippen LogP contribution is -2.42. The molecular weight excluding hydrogens is 314 g/mol. The van der Waals surface area contributed by atoms with Crippen molar-refractivity contribution >= 4 is 0 Å². The van der Waals surface area contributed by atoms with Gasteiger partial charge in [-0.15, -0.1) is 0 Å². The summed E-state index contributed by atoms with van der Waals surface area (Å²) >= 11 is 0. The van der Waals surface area contributed by atoms with Crippen LogP contribution in [0.15, 0.2) is 24.3 Å². The van der Waals surface area contributed by atoms with E-state index in [1.165, 1.54) is 37.7 Å². The molecule has 0 radical (unpaired) electrons. The van der Waals surface area contributed by atoms with Gasteiger partial charge in [-0.1, -0.05) is 31.0 Å². The molecule has 1 aromatic rings. The van der Waals surface area contributed by atoms with E-state index in [4.69, 9.17) is 14.2 Å². The van der Waals surface area contributed by atoms with Crippen LogP contribution in [0.2, 0.25) is 0 Å². The Balaban J connectivity index is 1.50. The van der Waals surface area contributed by atoms with E-state index in [1.54, 1.807) is 0 Å². The average molecular weight is 347 g/mol. The van der Waals surface area contributed by atoms with Crippen molar-refractivity contribution < 1.29 is 14.2 Å². The molecule has 1 aliphatic heterocycles. The summed E-state index contributed by atoms with van der Waals surface area (Å²) in [4.78, 5) is 2.30. The van der Waals surface area contributed by atoms with Crippen molar-refractivity contribution in [1.29, 1.82) is 0 Å². The number of morpholine rings is 1. The van der Waals surface area contributed by atoms with Crippen LogP contribution < -0.4 is 4.74 Å². The molecule has 0 bridgehead atoms. The van der Waals surface area contributed by atoms with E-state index in [2.05, 4.69) is 36.2 Å². The molecule has 2 aliphatic rings. The summed E-state index contributed by atoms with van der Waals surface area (Å²) in [6, 6.07) is 8.49. The molecule has 0 aromatic heterocycles. The summed E-state index contributed by atoms with van der Waals surface area (Å²) in [5.74, 6) is 1.81. The van der Waals surface area contributed by atoms with Gasteiger partial charge in [0.1, 0.15) is 18.5 Å². The average Bonchev–Trinajstić information content (AvgIpc) is 2.65. The number of ether oxygens (including phenoxy) is 3. The molecule has 2 fully saturated rings. The van der Waals surface area contributed by atoms with Crippen LogP contribution >= 0.6 is 0 Å². The fourth-order valence-corrected chi connectivity index (χ4v) is 4.08. The van der Waals surface area contributed by atoms with Gasteiger partial charge in [-0.05, 0) is 50.3 Å². The molecular formula is C21H33NO3. The standard InChI is InChI=1S/C21H33NO3/c1-22-12-13-24-20(15-22)16-25-21-9-4-3-7-18(21)11-10-17-6-5-8-19(14-17)23-2/h3-4,7,9,17,19-20H,5-6,8,10-16H2,1-2H3/t17-,19-,20?/m1/s1. The molecule has 1 aliphatic carbocycles. The summed E-state index contributed by atoms with van der Waals surface area (Å²) in [7, 11) is 3.99. The first kappa shape index (κ1) is 18.7. The van der Waals surface area contributed by atoms with Gasteiger partial charge < -0.3 is 19.1 Å². The van der Waals surface area contributed by atoms with Gasteiger partial charge >= 0.3 is 0 Å². The highest BCUT2D eigenvalue weighted by molar-refractivity contribution is 5.33. The minimum atomic E-state index is 0.174. The van der Waals surface area contributed by atoms with Crippen molar-refractivity contribution in [1.82, 2.24) is 4.90 Å². The lowest BCUT2D eigenvalue weighted by molar-refractivity contribution is -0.0404. The maximum absolute atomic E-state index is 6.13. The van der Waals surface area contributed by atoms with Crippen LogP contribution in [0.5, 0.6) is 5.75 Å². The summed E-state index contributed by atoms with van der Waals surface area (Å²) < 4.78 is 17.5. The molecule has 1 saturated carbocycles. The van der Waals surface area contributed by atoms with E-state index in [1.807, 2.05) is 7.11 Å². The molecule has 3 atom stereocenters. The highest BCUT2D eigenvalue weighted by Crippen LogP contribution is 2.31. The molecule has 1 aromatic carbocycles. The van der Waals surface area contributed by atoms with Crippen molar-refractivity contribution in [2.75, 3.05) is 40.5 Å². The zero-order valence-electron chi connectivity index (χ0n) is 15.8. The van der Waals surface area contributed by atoms with Gasteiger partial charge in [-0.25, -0.2) is 0 Å². The number of methoxy groups -OCH3 is 1. The lowest BCUT2D eigenvalue weighted by Gasteiger charge is -2.30. The molecule has 1 heterocycles. The van der Waals surface area contributed by atoms with Crippen molar-refractivity contribution in [2.45, 2.75) is 50.7 Å². The normalized spacial score (nSPS) is 28.0. The highest BCUT2D eigenvalue weighted by Gasteiger charge is 2.22. The van der Waals surface area contributed by atoms with Crippen LogP contribution in [0.3, 0.4) is 0 Å². The van der Waals surface area contributed by atoms with E-state index in [9.17, 15) is 0 Å². The van der Waals surface area contributed by atoms with Gasteiger partial charge in [-0.3, -0.25) is 0 Å². The molecule has 0 N–H and O–H groups in total. The fourth-order valence-electron chi connectivity index (χ4n) is 4.08. The maximum atomic E-state index is 6.13. The van der Waals surface area contributed by atoms with Gasteiger partial charge in [0, 0.05) is 20.2 Å². The van der Waals surface area contributed by atoms with E-state index in [-0.39, 0.29) is 6.10 Å². The first-order valence-electron chi connectivity index (χ1n) is 9.78. The SMILES string of the molecule is CO[C@@H]1CCC[C@H](CCc2ccccc2OCC2CN(C)CCO2)C1. The summed E-state index contributed by atoms with van der Waals surface area (Å²) in [6.07, 6.45) is 8.02. The monoisotopic (exact) mass is 347 g/mol. The number of likely N-dealkylation sites (N-methyl/N-ethyl adjacent to an activating group) is 1. The Morgan fingerprint density at radius 2 is 2.12 bits per heavy atom. The Morgan fingerprint density at radius 1 is 1.24 bits per heavy atom. The predicted molar refractivity (Wildman–Crippen MR) is 100 cm³/mol. The Morgan fingerprint density at radius 3 is 2.96 bits per heavy atom. The third kappa shape index (κ3) is 5.70. The van der Waals surface area contributed by atoms with Crippen LogP contribution in [-0.4, -0.2) is 57.6 Å². The summed E-state index contributed by atoms with van der Waals surface area (Å²) in [6.45, 7) is 3.39. The topological polar surface area (TPSA) is 30.9 Å². The zero-order valence-corrected chi connectivity index (χ0v) is 15.8. The quantitative estimate of drug-likeness (QED) is 0.755. The van der Waals surface area contributed by atoms with Gasteiger partial charge in [0.05, 0.1) is 12.7 Å². The molecule has 1 unspecified atom stereocenters. The van der Waals surface area contributed by atoms with Gasteiger partial charge in [0.15, 0.2) is 0 Å². The second kappa shape index (κ2) is 9.56. The number of hydrogen-bond donors (Lipinski definition) is 0. The molecule has 4 nitrogen and oxygen atoms in total. The van der Waals surface area contributed by atoms with Gasteiger partial charge in [0.25, 0.3) is 0 Å². The third-order valence-corrected chi connectivity index (χ3v) is 5.63. The molecule has 0 spiro atoms.